The lowest BCUT2D eigenvalue weighted by Gasteiger charge is -2.53. The Labute approximate surface area is 111 Å². The number of rotatable bonds is 3. The highest BCUT2D eigenvalue weighted by atomic mass is 32.2. The molecule has 0 radical (unpaired) electrons. The molecule has 4 aliphatic rings. The van der Waals surface area contributed by atoms with Crippen molar-refractivity contribution in [2.45, 2.75) is 38.1 Å². The SMILES string of the molecule is NC(=NC1C2CC3CC(C2)CC1C3)SCC(=O)O. The number of aliphatic carboxylic acids is 1. The number of amidine groups is 1. The van der Waals surface area contributed by atoms with Crippen molar-refractivity contribution < 1.29 is 9.90 Å². The lowest BCUT2D eigenvalue weighted by atomic mass is 9.54. The van der Waals surface area contributed by atoms with Crippen molar-refractivity contribution in [3.8, 4) is 0 Å². The van der Waals surface area contributed by atoms with Crippen LogP contribution in [-0.2, 0) is 4.79 Å². The number of nitrogens with two attached hydrogens (primary N) is 1. The van der Waals surface area contributed by atoms with Gasteiger partial charge >= 0.3 is 5.97 Å². The van der Waals surface area contributed by atoms with E-state index in [0.29, 0.717) is 23.0 Å². The molecule has 18 heavy (non-hydrogen) atoms. The van der Waals surface area contributed by atoms with Crippen LogP contribution in [0.2, 0.25) is 0 Å². The van der Waals surface area contributed by atoms with Crippen LogP contribution in [0, 0.1) is 23.7 Å². The fourth-order valence-electron chi connectivity index (χ4n) is 4.43. The van der Waals surface area contributed by atoms with Crippen LogP contribution in [-0.4, -0.2) is 28.0 Å². The number of carboxylic acids is 1. The molecule has 5 heteroatoms. The molecule has 4 aliphatic carbocycles. The molecule has 0 aromatic heterocycles. The highest BCUT2D eigenvalue weighted by Crippen LogP contribution is 2.54. The minimum Gasteiger partial charge on any atom is -0.481 e. The monoisotopic (exact) mass is 268 g/mol. The number of aliphatic imine (C=N–C) groups is 1. The summed E-state index contributed by atoms with van der Waals surface area (Å²) in [5, 5.41) is 9.11. The van der Waals surface area contributed by atoms with Crippen LogP contribution in [0.3, 0.4) is 0 Å². The van der Waals surface area contributed by atoms with E-state index in [2.05, 4.69) is 4.99 Å². The molecule has 0 unspecified atom stereocenters. The Morgan fingerprint density at radius 2 is 1.72 bits per heavy atom. The van der Waals surface area contributed by atoms with Crippen LogP contribution in [0.4, 0.5) is 0 Å². The molecule has 4 saturated carbocycles. The maximum Gasteiger partial charge on any atom is 0.313 e. The maximum absolute atomic E-state index is 10.5. The number of hydrogen-bond acceptors (Lipinski definition) is 3. The molecule has 0 aliphatic heterocycles. The van der Waals surface area contributed by atoms with Gasteiger partial charge in [-0.25, -0.2) is 0 Å². The van der Waals surface area contributed by atoms with Crippen molar-refractivity contribution in [2.24, 2.45) is 34.4 Å². The molecular formula is C13H20N2O2S. The molecule has 0 heterocycles. The summed E-state index contributed by atoms with van der Waals surface area (Å²) < 4.78 is 0. The van der Waals surface area contributed by atoms with E-state index in [1.54, 1.807) is 0 Å². The van der Waals surface area contributed by atoms with Crippen molar-refractivity contribution in [1.29, 1.82) is 0 Å². The molecule has 4 nitrogen and oxygen atoms in total. The van der Waals surface area contributed by atoms with E-state index in [0.717, 1.165) is 23.6 Å². The van der Waals surface area contributed by atoms with E-state index < -0.39 is 5.97 Å². The first-order valence-electron chi connectivity index (χ1n) is 6.79. The van der Waals surface area contributed by atoms with Crippen LogP contribution < -0.4 is 5.73 Å². The molecule has 0 atom stereocenters. The average Bonchev–Trinajstić information content (AvgIpc) is 2.30. The molecule has 0 aromatic rings. The van der Waals surface area contributed by atoms with Gasteiger partial charge in [0.05, 0.1) is 11.8 Å². The Morgan fingerprint density at radius 3 is 2.22 bits per heavy atom. The summed E-state index contributed by atoms with van der Waals surface area (Å²) in [6, 6.07) is 0.374. The molecule has 0 aromatic carbocycles. The van der Waals surface area contributed by atoms with Gasteiger partial charge in [0.1, 0.15) is 0 Å². The van der Waals surface area contributed by atoms with Crippen molar-refractivity contribution >= 4 is 22.9 Å². The van der Waals surface area contributed by atoms with Gasteiger partial charge in [0.2, 0.25) is 0 Å². The van der Waals surface area contributed by atoms with Gasteiger partial charge in [-0.15, -0.1) is 0 Å². The van der Waals surface area contributed by atoms with Gasteiger partial charge in [0.15, 0.2) is 5.17 Å². The smallest absolute Gasteiger partial charge is 0.313 e. The third kappa shape index (κ3) is 2.37. The zero-order valence-electron chi connectivity index (χ0n) is 10.4. The molecular weight excluding hydrogens is 248 g/mol. The molecule has 4 bridgehead atoms. The van der Waals surface area contributed by atoms with Gasteiger partial charge in [-0.2, -0.15) is 0 Å². The molecule has 0 saturated heterocycles. The lowest BCUT2D eigenvalue weighted by Crippen LogP contribution is -2.47. The summed E-state index contributed by atoms with van der Waals surface area (Å²) in [7, 11) is 0. The molecule has 4 rings (SSSR count). The van der Waals surface area contributed by atoms with Crippen LogP contribution >= 0.6 is 11.8 Å². The van der Waals surface area contributed by atoms with Gasteiger partial charge in [-0.05, 0) is 55.8 Å². The average molecular weight is 268 g/mol. The lowest BCUT2D eigenvalue weighted by molar-refractivity contribution is -0.133. The van der Waals surface area contributed by atoms with Gasteiger partial charge in [0.25, 0.3) is 0 Å². The number of hydrogen-bond donors (Lipinski definition) is 2. The Morgan fingerprint density at radius 1 is 1.17 bits per heavy atom. The zero-order valence-corrected chi connectivity index (χ0v) is 11.2. The van der Waals surface area contributed by atoms with Crippen LogP contribution in [0.5, 0.6) is 0 Å². The van der Waals surface area contributed by atoms with E-state index in [4.69, 9.17) is 10.8 Å². The highest BCUT2D eigenvalue weighted by Gasteiger charge is 2.48. The van der Waals surface area contributed by atoms with E-state index in [9.17, 15) is 4.79 Å². The van der Waals surface area contributed by atoms with Crippen LogP contribution in [0.15, 0.2) is 4.99 Å². The van der Waals surface area contributed by atoms with Gasteiger partial charge in [-0.3, -0.25) is 9.79 Å². The number of carbonyl (C=O) groups is 1. The standard InChI is InChI=1S/C13H20N2O2S/c14-13(18-6-11(16)17)15-12-9-2-7-1-8(4-9)5-10(12)3-7/h7-10,12H,1-6H2,(H2,14,15)(H,16,17). The largest absolute Gasteiger partial charge is 0.481 e. The van der Waals surface area contributed by atoms with E-state index in [1.165, 1.54) is 32.1 Å². The Hall–Kier alpha value is -0.710. The quantitative estimate of drug-likeness (QED) is 0.606. The van der Waals surface area contributed by atoms with Crippen LogP contribution in [0.25, 0.3) is 0 Å². The third-order valence-corrected chi connectivity index (χ3v) is 5.59. The Bertz CT molecular complexity index is 355. The maximum atomic E-state index is 10.5. The van der Waals surface area contributed by atoms with Crippen molar-refractivity contribution in [2.75, 3.05) is 5.75 Å². The van der Waals surface area contributed by atoms with Crippen molar-refractivity contribution in [3.05, 3.63) is 0 Å². The van der Waals surface area contributed by atoms with Crippen molar-refractivity contribution in [1.82, 2.24) is 0 Å². The predicted octanol–water partition coefficient (Wildman–Crippen LogP) is 1.94. The van der Waals surface area contributed by atoms with Crippen molar-refractivity contribution in [3.63, 3.8) is 0 Å². The van der Waals surface area contributed by atoms with Crippen LogP contribution in [0.1, 0.15) is 32.1 Å². The fraction of sp³-hybridized carbons (Fsp3) is 0.846. The Kier molecular flexibility index (Phi) is 3.26. The number of nitrogens with zero attached hydrogens (tertiary/aromatic N) is 1. The van der Waals surface area contributed by atoms with E-state index in [1.807, 2.05) is 0 Å². The molecule has 4 fully saturated rings. The highest BCUT2D eigenvalue weighted by molar-refractivity contribution is 8.14. The molecule has 0 spiro atoms. The van der Waals surface area contributed by atoms with Gasteiger partial charge in [0, 0.05) is 0 Å². The van der Waals surface area contributed by atoms with E-state index >= 15 is 0 Å². The third-order valence-electron chi connectivity index (χ3n) is 4.80. The molecule has 0 amide bonds. The second-order valence-corrected chi connectivity index (χ2v) is 7.07. The second kappa shape index (κ2) is 4.76. The normalized spacial score (nSPS) is 42.2. The topological polar surface area (TPSA) is 75.7 Å². The zero-order chi connectivity index (χ0) is 12.7. The summed E-state index contributed by atoms with van der Waals surface area (Å²) in [6.45, 7) is 0. The van der Waals surface area contributed by atoms with E-state index in [-0.39, 0.29) is 5.75 Å². The molecule has 3 N–H and O–H groups in total. The molecule has 100 valence electrons. The minimum atomic E-state index is -0.830. The summed E-state index contributed by atoms with van der Waals surface area (Å²) in [5.41, 5.74) is 5.85. The van der Waals surface area contributed by atoms with Gasteiger partial charge < -0.3 is 10.8 Å². The first-order chi connectivity index (χ1) is 8.61. The summed E-state index contributed by atoms with van der Waals surface area (Å²) >= 11 is 1.16. The summed E-state index contributed by atoms with van der Waals surface area (Å²) in [4.78, 5) is 15.2. The fourth-order valence-corrected chi connectivity index (χ4v) is 4.89. The minimum absolute atomic E-state index is 0.0165. The summed E-state index contributed by atoms with van der Waals surface area (Å²) in [6.07, 6.45) is 6.71. The first kappa shape index (κ1) is 12.3. The second-order valence-electron chi connectivity index (χ2n) is 6.07. The number of thioether (sulfide) groups is 1. The van der Waals surface area contributed by atoms with Gasteiger partial charge in [-0.1, -0.05) is 11.8 Å². The summed E-state index contributed by atoms with van der Waals surface area (Å²) in [5.74, 6) is 2.49. The predicted molar refractivity (Wildman–Crippen MR) is 72.5 cm³/mol. The Balaban J connectivity index is 1.65. The number of carboxylic acid groups (broad SMARTS) is 1. The first-order valence-corrected chi connectivity index (χ1v) is 7.78.